The van der Waals surface area contributed by atoms with E-state index in [2.05, 4.69) is 70.0 Å². The Morgan fingerprint density at radius 3 is 2.52 bits per heavy atom. The normalized spacial score (nSPS) is 16.7. The first-order valence-electron chi connectivity index (χ1n) is 8.06. The first-order chi connectivity index (χ1) is 10.1. The van der Waals surface area contributed by atoms with Gasteiger partial charge in [0.2, 0.25) is 0 Å². The van der Waals surface area contributed by atoms with Gasteiger partial charge in [0.15, 0.2) is 0 Å². The standard InChI is InChI=1S/C17H28BrN3/c1-4-19-12-15-5-6-16(18)11-17(15)21-9-7-20(8-10-21)13-14(2)3/h5-6,11,14,19H,4,7-10,12-13H2,1-3H3. The molecule has 0 saturated carbocycles. The molecule has 1 N–H and O–H groups in total. The second-order valence-corrected chi connectivity index (χ2v) is 7.15. The summed E-state index contributed by atoms with van der Waals surface area (Å²) in [4.78, 5) is 5.12. The van der Waals surface area contributed by atoms with Crippen molar-refractivity contribution in [3.63, 3.8) is 0 Å². The Hall–Kier alpha value is -0.580. The molecule has 0 spiro atoms. The Bertz CT molecular complexity index is 440. The summed E-state index contributed by atoms with van der Waals surface area (Å²) in [5.41, 5.74) is 2.78. The van der Waals surface area contributed by atoms with Crippen LogP contribution >= 0.6 is 15.9 Å². The van der Waals surface area contributed by atoms with E-state index >= 15 is 0 Å². The molecule has 0 amide bonds. The summed E-state index contributed by atoms with van der Waals surface area (Å²) in [6.45, 7) is 14.5. The van der Waals surface area contributed by atoms with Crippen LogP contribution in [0.15, 0.2) is 22.7 Å². The molecule has 4 heteroatoms. The van der Waals surface area contributed by atoms with Crippen LogP contribution in [0, 0.1) is 5.92 Å². The fraction of sp³-hybridized carbons (Fsp3) is 0.647. The molecule has 2 rings (SSSR count). The van der Waals surface area contributed by atoms with Crippen molar-refractivity contribution in [1.82, 2.24) is 10.2 Å². The fourth-order valence-electron chi connectivity index (χ4n) is 2.93. The van der Waals surface area contributed by atoms with Gasteiger partial charge in [0.1, 0.15) is 0 Å². The molecular weight excluding hydrogens is 326 g/mol. The lowest BCUT2D eigenvalue weighted by Gasteiger charge is -2.37. The van der Waals surface area contributed by atoms with E-state index < -0.39 is 0 Å². The molecule has 0 radical (unpaired) electrons. The molecule has 3 nitrogen and oxygen atoms in total. The zero-order valence-corrected chi connectivity index (χ0v) is 15.1. The zero-order chi connectivity index (χ0) is 15.2. The molecule has 21 heavy (non-hydrogen) atoms. The minimum atomic E-state index is 0.756. The van der Waals surface area contributed by atoms with E-state index in [1.165, 1.54) is 35.4 Å². The van der Waals surface area contributed by atoms with Crippen LogP contribution in [0.4, 0.5) is 5.69 Å². The van der Waals surface area contributed by atoms with Crippen molar-refractivity contribution in [2.45, 2.75) is 27.3 Å². The molecule has 1 aromatic carbocycles. The summed E-state index contributed by atoms with van der Waals surface area (Å²) in [6.07, 6.45) is 0. The summed E-state index contributed by atoms with van der Waals surface area (Å²) >= 11 is 3.62. The second kappa shape index (κ2) is 8.16. The minimum absolute atomic E-state index is 0.756. The van der Waals surface area contributed by atoms with Gasteiger partial charge < -0.3 is 10.2 Å². The molecule has 1 saturated heterocycles. The van der Waals surface area contributed by atoms with Crippen LogP contribution in [0.1, 0.15) is 26.3 Å². The molecule has 0 unspecified atom stereocenters. The number of halogens is 1. The monoisotopic (exact) mass is 353 g/mol. The van der Waals surface area contributed by atoms with Gasteiger partial charge in [-0.1, -0.05) is 42.8 Å². The third-order valence-electron chi connectivity index (χ3n) is 3.95. The lowest BCUT2D eigenvalue weighted by Crippen LogP contribution is -2.47. The Balaban J connectivity index is 2.03. The topological polar surface area (TPSA) is 18.5 Å². The van der Waals surface area contributed by atoms with Crippen LogP contribution in [-0.2, 0) is 6.54 Å². The van der Waals surface area contributed by atoms with Gasteiger partial charge in [-0.3, -0.25) is 4.90 Å². The van der Waals surface area contributed by atoms with E-state index in [0.29, 0.717) is 0 Å². The van der Waals surface area contributed by atoms with Crippen molar-refractivity contribution in [2.24, 2.45) is 5.92 Å². The number of benzene rings is 1. The van der Waals surface area contributed by atoms with Gasteiger partial charge in [-0.15, -0.1) is 0 Å². The highest BCUT2D eigenvalue weighted by Crippen LogP contribution is 2.26. The lowest BCUT2D eigenvalue weighted by molar-refractivity contribution is 0.231. The predicted octanol–water partition coefficient (Wildman–Crippen LogP) is 3.34. The summed E-state index contributed by atoms with van der Waals surface area (Å²) in [5, 5.41) is 3.45. The van der Waals surface area contributed by atoms with Gasteiger partial charge >= 0.3 is 0 Å². The Labute approximate surface area is 137 Å². The molecule has 1 aliphatic heterocycles. The van der Waals surface area contributed by atoms with Gasteiger partial charge in [-0.2, -0.15) is 0 Å². The maximum Gasteiger partial charge on any atom is 0.0424 e. The van der Waals surface area contributed by atoms with E-state index in [9.17, 15) is 0 Å². The van der Waals surface area contributed by atoms with E-state index in [0.717, 1.165) is 32.1 Å². The first-order valence-corrected chi connectivity index (χ1v) is 8.86. The number of nitrogens with zero attached hydrogens (tertiary/aromatic N) is 2. The Morgan fingerprint density at radius 2 is 1.90 bits per heavy atom. The summed E-state index contributed by atoms with van der Waals surface area (Å²) in [5.74, 6) is 0.756. The van der Waals surface area contributed by atoms with Gasteiger partial charge in [-0.05, 0) is 30.2 Å². The van der Waals surface area contributed by atoms with Gasteiger partial charge in [0.05, 0.1) is 0 Å². The predicted molar refractivity (Wildman–Crippen MR) is 95.0 cm³/mol. The summed E-state index contributed by atoms with van der Waals surface area (Å²) in [7, 11) is 0. The van der Waals surface area contributed by atoms with Crippen molar-refractivity contribution < 1.29 is 0 Å². The van der Waals surface area contributed by atoms with Crippen LogP contribution in [-0.4, -0.2) is 44.2 Å². The smallest absolute Gasteiger partial charge is 0.0424 e. The van der Waals surface area contributed by atoms with Crippen LogP contribution in [0.3, 0.4) is 0 Å². The summed E-state index contributed by atoms with van der Waals surface area (Å²) < 4.78 is 1.17. The second-order valence-electron chi connectivity index (χ2n) is 6.23. The molecule has 1 aliphatic rings. The van der Waals surface area contributed by atoms with E-state index in [4.69, 9.17) is 0 Å². The Morgan fingerprint density at radius 1 is 1.19 bits per heavy atom. The average Bonchev–Trinajstić information content (AvgIpc) is 2.46. The maximum atomic E-state index is 3.62. The number of hydrogen-bond donors (Lipinski definition) is 1. The quantitative estimate of drug-likeness (QED) is 0.845. The zero-order valence-electron chi connectivity index (χ0n) is 13.5. The van der Waals surface area contributed by atoms with Crippen LogP contribution in [0.2, 0.25) is 0 Å². The summed E-state index contributed by atoms with van der Waals surface area (Å²) in [6, 6.07) is 6.65. The maximum absolute atomic E-state index is 3.62. The molecule has 0 bridgehead atoms. The number of hydrogen-bond acceptors (Lipinski definition) is 3. The highest BCUT2D eigenvalue weighted by molar-refractivity contribution is 9.10. The van der Waals surface area contributed by atoms with Gasteiger partial charge in [-0.25, -0.2) is 0 Å². The van der Waals surface area contributed by atoms with Crippen molar-refractivity contribution in [2.75, 3.05) is 44.2 Å². The molecule has 118 valence electrons. The molecular formula is C17H28BrN3. The van der Waals surface area contributed by atoms with E-state index in [-0.39, 0.29) is 0 Å². The largest absolute Gasteiger partial charge is 0.369 e. The SMILES string of the molecule is CCNCc1ccc(Br)cc1N1CCN(CC(C)C)CC1. The third kappa shape index (κ3) is 4.97. The number of nitrogens with one attached hydrogen (secondary N) is 1. The average molecular weight is 354 g/mol. The van der Waals surface area contributed by atoms with Gasteiger partial charge in [0.25, 0.3) is 0 Å². The van der Waals surface area contributed by atoms with Crippen molar-refractivity contribution in [3.8, 4) is 0 Å². The molecule has 1 aromatic rings. The first kappa shape index (κ1) is 16.8. The molecule has 0 atom stereocenters. The van der Waals surface area contributed by atoms with Crippen LogP contribution < -0.4 is 10.2 Å². The highest BCUT2D eigenvalue weighted by Gasteiger charge is 2.19. The van der Waals surface area contributed by atoms with Crippen molar-refractivity contribution >= 4 is 21.6 Å². The third-order valence-corrected chi connectivity index (χ3v) is 4.44. The van der Waals surface area contributed by atoms with Crippen LogP contribution in [0.5, 0.6) is 0 Å². The Kier molecular flexibility index (Phi) is 6.52. The molecule has 0 aliphatic carbocycles. The molecule has 1 fully saturated rings. The van der Waals surface area contributed by atoms with Crippen molar-refractivity contribution in [3.05, 3.63) is 28.2 Å². The number of rotatable bonds is 6. The van der Waals surface area contributed by atoms with Gasteiger partial charge in [0, 0.05) is 49.4 Å². The lowest BCUT2D eigenvalue weighted by atomic mass is 10.1. The van der Waals surface area contributed by atoms with E-state index in [1.54, 1.807) is 0 Å². The van der Waals surface area contributed by atoms with Crippen molar-refractivity contribution in [1.29, 1.82) is 0 Å². The highest BCUT2D eigenvalue weighted by atomic mass is 79.9. The van der Waals surface area contributed by atoms with Crippen LogP contribution in [0.25, 0.3) is 0 Å². The minimum Gasteiger partial charge on any atom is -0.369 e. The molecule has 1 heterocycles. The molecule has 0 aromatic heterocycles. The van der Waals surface area contributed by atoms with E-state index in [1.807, 2.05) is 0 Å². The number of anilines is 1. The number of piperazine rings is 1. The fourth-order valence-corrected chi connectivity index (χ4v) is 3.28.